The van der Waals surface area contributed by atoms with Crippen LogP contribution in [0.1, 0.15) is 32.1 Å². The van der Waals surface area contributed by atoms with Crippen molar-refractivity contribution in [3.63, 3.8) is 0 Å². The first-order valence-electron chi connectivity index (χ1n) is 4.33. The summed E-state index contributed by atoms with van der Waals surface area (Å²) in [6.07, 6.45) is 5.10. The first kappa shape index (κ1) is 12.6. The Labute approximate surface area is 89.8 Å². The molecule has 3 nitrogen and oxygen atoms in total. The predicted octanol–water partition coefficient (Wildman–Crippen LogP) is 1.48. The minimum atomic E-state index is 0.128. The van der Waals surface area contributed by atoms with E-state index in [1.807, 2.05) is 0 Å². The Bertz CT molecular complexity index is 156. The summed E-state index contributed by atoms with van der Waals surface area (Å²) >= 11 is 9.30. The van der Waals surface area contributed by atoms with E-state index in [0.717, 1.165) is 32.1 Å². The molecule has 0 atom stereocenters. The number of thiocarbonyl (C=S) groups is 2. The van der Waals surface area contributed by atoms with Gasteiger partial charge in [0, 0.05) is 0 Å². The lowest BCUT2D eigenvalue weighted by Gasteiger charge is -2.02. The number of hydrogen-bond donors (Lipinski definition) is 2. The van der Waals surface area contributed by atoms with Crippen molar-refractivity contribution in [1.29, 1.82) is 0 Å². The Morgan fingerprint density at radius 2 is 1.62 bits per heavy atom. The maximum absolute atomic E-state index is 5.35. The molecule has 0 aromatic carbocycles. The van der Waals surface area contributed by atoms with Crippen LogP contribution in [0.15, 0.2) is 0 Å². The van der Waals surface area contributed by atoms with Gasteiger partial charge in [0.1, 0.15) is 0 Å². The maximum atomic E-state index is 5.35. The van der Waals surface area contributed by atoms with Crippen molar-refractivity contribution >= 4 is 34.6 Å². The summed E-state index contributed by atoms with van der Waals surface area (Å²) in [5.41, 5.74) is 10.5. The highest BCUT2D eigenvalue weighted by Crippen LogP contribution is 2.03. The highest BCUT2D eigenvalue weighted by molar-refractivity contribution is 7.80. The molecular formula is C8H16N2OS2. The third-order valence-corrected chi connectivity index (χ3v) is 1.88. The molecule has 0 aliphatic carbocycles. The zero-order valence-electron chi connectivity index (χ0n) is 7.62. The smallest absolute Gasteiger partial charge is 0.253 e. The molecule has 4 N–H and O–H groups in total. The molecule has 13 heavy (non-hydrogen) atoms. The second kappa shape index (κ2) is 8.19. The van der Waals surface area contributed by atoms with Gasteiger partial charge in [-0.05, 0) is 31.5 Å². The number of ether oxygens (including phenoxy) is 1. The van der Waals surface area contributed by atoms with E-state index < -0.39 is 0 Å². The van der Waals surface area contributed by atoms with Crippen LogP contribution < -0.4 is 11.5 Å². The molecule has 0 rings (SSSR count). The van der Waals surface area contributed by atoms with E-state index in [1.54, 1.807) is 0 Å². The first-order chi connectivity index (χ1) is 6.13. The second-order valence-corrected chi connectivity index (χ2v) is 3.72. The maximum Gasteiger partial charge on any atom is 0.253 e. The SMILES string of the molecule is NC(=S)CCCCCCOC(N)=S. The van der Waals surface area contributed by atoms with Gasteiger partial charge in [-0.2, -0.15) is 0 Å². The van der Waals surface area contributed by atoms with Gasteiger partial charge in [-0.1, -0.05) is 25.1 Å². The minimum Gasteiger partial charge on any atom is -0.471 e. The van der Waals surface area contributed by atoms with E-state index in [2.05, 4.69) is 12.2 Å². The van der Waals surface area contributed by atoms with Gasteiger partial charge in [0.25, 0.3) is 5.17 Å². The summed E-state index contributed by atoms with van der Waals surface area (Å²) in [6.45, 7) is 0.613. The number of hydrogen-bond acceptors (Lipinski definition) is 3. The summed E-state index contributed by atoms with van der Waals surface area (Å²) in [5.74, 6) is 0. The van der Waals surface area contributed by atoms with Crippen molar-refractivity contribution < 1.29 is 4.74 Å². The normalized spacial score (nSPS) is 9.54. The Morgan fingerprint density at radius 3 is 2.15 bits per heavy atom. The third kappa shape index (κ3) is 11.6. The lowest BCUT2D eigenvalue weighted by atomic mass is 10.1. The second-order valence-electron chi connectivity index (χ2n) is 2.80. The predicted molar refractivity (Wildman–Crippen MR) is 62.6 cm³/mol. The van der Waals surface area contributed by atoms with Crippen LogP contribution in [0.3, 0.4) is 0 Å². The molecular weight excluding hydrogens is 204 g/mol. The number of unbranched alkanes of at least 4 members (excludes halogenated alkanes) is 3. The van der Waals surface area contributed by atoms with Crippen LogP contribution in [0.2, 0.25) is 0 Å². The van der Waals surface area contributed by atoms with Gasteiger partial charge in [-0.15, -0.1) is 0 Å². The molecule has 0 saturated carbocycles. The van der Waals surface area contributed by atoms with Crippen LogP contribution in [0.25, 0.3) is 0 Å². The summed E-state index contributed by atoms with van der Waals surface area (Å²) in [5, 5.41) is 0.128. The molecule has 76 valence electrons. The van der Waals surface area contributed by atoms with Crippen molar-refractivity contribution in [2.24, 2.45) is 11.5 Å². The van der Waals surface area contributed by atoms with E-state index in [0.29, 0.717) is 11.6 Å². The summed E-state index contributed by atoms with van der Waals surface area (Å²) in [4.78, 5) is 0.597. The average Bonchev–Trinajstić information content (AvgIpc) is 2.01. The quantitative estimate of drug-likeness (QED) is 0.503. The molecule has 0 aromatic heterocycles. The van der Waals surface area contributed by atoms with Crippen molar-refractivity contribution in [3.8, 4) is 0 Å². The summed E-state index contributed by atoms with van der Waals surface area (Å²) < 4.78 is 4.93. The van der Waals surface area contributed by atoms with Gasteiger partial charge >= 0.3 is 0 Å². The lowest BCUT2D eigenvalue weighted by Crippen LogP contribution is -2.13. The van der Waals surface area contributed by atoms with Crippen LogP contribution in [0, 0.1) is 0 Å². The molecule has 0 fully saturated rings. The van der Waals surface area contributed by atoms with Gasteiger partial charge in [0.15, 0.2) is 0 Å². The van der Waals surface area contributed by atoms with Crippen molar-refractivity contribution in [2.45, 2.75) is 32.1 Å². The fraction of sp³-hybridized carbons (Fsp3) is 0.750. The molecule has 0 heterocycles. The van der Waals surface area contributed by atoms with E-state index in [9.17, 15) is 0 Å². The summed E-state index contributed by atoms with van der Waals surface area (Å²) in [7, 11) is 0. The molecule has 0 unspecified atom stereocenters. The molecule has 0 aliphatic heterocycles. The van der Waals surface area contributed by atoms with Gasteiger partial charge in [0.05, 0.1) is 11.6 Å². The van der Waals surface area contributed by atoms with Crippen molar-refractivity contribution in [3.05, 3.63) is 0 Å². The minimum absolute atomic E-state index is 0.128. The van der Waals surface area contributed by atoms with Gasteiger partial charge in [-0.25, -0.2) is 0 Å². The number of nitrogens with two attached hydrogens (primary N) is 2. The first-order valence-corrected chi connectivity index (χ1v) is 5.15. The summed E-state index contributed by atoms with van der Waals surface area (Å²) in [6, 6.07) is 0. The molecule has 0 aromatic rings. The monoisotopic (exact) mass is 220 g/mol. The topological polar surface area (TPSA) is 61.3 Å². The fourth-order valence-corrected chi connectivity index (χ4v) is 1.16. The van der Waals surface area contributed by atoms with Gasteiger partial charge < -0.3 is 16.2 Å². The lowest BCUT2D eigenvalue weighted by molar-refractivity contribution is 0.296. The van der Waals surface area contributed by atoms with Crippen LogP contribution in [-0.4, -0.2) is 16.8 Å². The highest BCUT2D eigenvalue weighted by atomic mass is 32.1. The molecule has 0 amide bonds. The molecule has 0 bridgehead atoms. The molecule has 0 spiro atoms. The van der Waals surface area contributed by atoms with Crippen molar-refractivity contribution in [2.75, 3.05) is 6.61 Å². The number of rotatable bonds is 7. The van der Waals surface area contributed by atoms with Crippen molar-refractivity contribution in [1.82, 2.24) is 0 Å². The molecule has 0 saturated heterocycles. The van der Waals surface area contributed by atoms with E-state index in [1.165, 1.54) is 0 Å². The van der Waals surface area contributed by atoms with Crippen LogP contribution in [0.4, 0.5) is 0 Å². The Hall–Kier alpha value is -0.420. The Balaban J connectivity index is 3.00. The third-order valence-electron chi connectivity index (χ3n) is 1.56. The van der Waals surface area contributed by atoms with E-state index in [4.69, 9.17) is 28.4 Å². The zero-order chi connectivity index (χ0) is 10.1. The highest BCUT2D eigenvalue weighted by Gasteiger charge is 1.93. The van der Waals surface area contributed by atoms with Gasteiger partial charge in [-0.3, -0.25) is 0 Å². The molecule has 0 aliphatic rings. The zero-order valence-corrected chi connectivity index (χ0v) is 9.26. The van der Waals surface area contributed by atoms with E-state index in [-0.39, 0.29) is 5.17 Å². The standard InChI is InChI=1S/C8H16N2OS2/c9-7(12)5-3-1-2-4-6-11-8(10)13/h1-6H2,(H2,9,12)(H2,10,13). The largest absolute Gasteiger partial charge is 0.471 e. The Kier molecular flexibility index (Phi) is 7.93. The van der Waals surface area contributed by atoms with Crippen LogP contribution in [-0.2, 0) is 4.74 Å². The van der Waals surface area contributed by atoms with Crippen LogP contribution in [0.5, 0.6) is 0 Å². The molecule has 5 heteroatoms. The van der Waals surface area contributed by atoms with Crippen LogP contribution >= 0.6 is 24.4 Å². The average molecular weight is 220 g/mol. The Morgan fingerprint density at radius 1 is 1.00 bits per heavy atom. The fourth-order valence-electron chi connectivity index (χ4n) is 0.928. The molecule has 0 radical (unpaired) electrons. The van der Waals surface area contributed by atoms with E-state index >= 15 is 0 Å². The van der Waals surface area contributed by atoms with Gasteiger partial charge in [0.2, 0.25) is 0 Å².